The molecule has 0 amide bonds. The Hall–Kier alpha value is -3.23. The fourth-order valence-electron chi connectivity index (χ4n) is 2.40. The van der Waals surface area contributed by atoms with Gasteiger partial charge < -0.3 is 4.74 Å². The van der Waals surface area contributed by atoms with E-state index in [4.69, 9.17) is 0 Å². The van der Waals surface area contributed by atoms with E-state index in [2.05, 4.69) is 15.8 Å². The number of esters is 1. The molecule has 0 spiro atoms. The number of nitrogens with zero attached hydrogens (tertiary/aromatic N) is 2. The van der Waals surface area contributed by atoms with Crippen molar-refractivity contribution in [3.05, 3.63) is 75.6 Å². The standard InChI is InChI=1S/C21H16N2O2S/c1-14-3-7-16(8-4-14)19-13-26-20(23-19)18(12-22)11-15-5-9-17(10-6-15)21(24)25-2/h3-11,13H,1-2H3/b18-11+. The highest BCUT2D eigenvalue weighted by Gasteiger charge is 2.10. The third kappa shape index (κ3) is 3.88. The molecule has 26 heavy (non-hydrogen) atoms. The quantitative estimate of drug-likeness (QED) is 0.487. The summed E-state index contributed by atoms with van der Waals surface area (Å²) in [4.78, 5) is 16.1. The first kappa shape index (κ1) is 17.6. The number of carbonyl (C=O) groups excluding carboxylic acids is 1. The van der Waals surface area contributed by atoms with Crippen LogP contribution in [0.4, 0.5) is 0 Å². The molecule has 0 aliphatic heterocycles. The predicted molar refractivity (Wildman–Crippen MR) is 104 cm³/mol. The summed E-state index contributed by atoms with van der Waals surface area (Å²) < 4.78 is 4.68. The number of aromatic nitrogens is 1. The molecule has 3 rings (SSSR count). The number of nitriles is 1. The van der Waals surface area contributed by atoms with Crippen molar-refractivity contribution in [2.75, 3.05) is 7.11 Å². The minimum Gasteiger partial charge on any atom is -0.465 e. The number of hydrogen-bond donors (Lipinski definition) is 0. The topological polar surface area (TPSA) is 63.0 Å². The van der Waals surface area contributed by atoms with Gasteiger partial charge in [-0.2, -0.15) is 5.26 Å². The fourth-order valence-corrected chi connectivity index (χ4v) is 3.19. The van der Waals surface area contributed by atoms with Crippen molar-refractivity contribution >= 4 is 29.0 Å². The van der Waals surface area contributed by atoms with E-state index in [1.165, 1.54) is 24.0 Å². The molecule has 2 aromatic carbocycles. The summed E-state index contributed by atoms with van der Waals surface area (Å²) >= 11 is 1.44. The molecule has 0 radical (unpaired) electrons. The molecule has 0 N–H and O–H groups in total. The van der Waals surface area contributed by atoms with E-state index < -0.39 is 0 Å². The van der Waals surface area contributed by atoms with Gasteiger partial charge in [-0.3, -0.25) is 0 Å². The Morgan fingerprint density at radius 2 is 1.85 bits per heavy atom. The number of carbonyl (C=O) groups is 1. The molecule has 0 saturated heterocycles. The summed E-state index contributed by atoms with van der Waals surface area (Å²) in [5.74, 6) is -0.385. The third-order valence-corrected chi connectivity index (χ3v) is 4.72. The maximum Gasteiger partial charge on any atom is 0.337 e. The van der Waals surface area contributed by atoms with E-state index >= 15 is 0 Å². The van der Waals surface area contributed by atoms with Gasteiger partial charge in [0.1, 0.15) is 11.1 Å². The van der Waals surface area contributed by atoms with Gasteiger partial charge in [0.2, 0.25) is 0 Å². The number of rotatable bonds is 4. The lowest BCUT2D eigenvalue weighted by atomic mass is 10.1. The molecular formula is C21H16N2O2S. The average Bonchev–Trinajstić information content (AvgIpc) is 3.16. The molecule has 0 atom stereocenters. The number of thiazole rings is 1. The Kier molecular flexibility index (Phi) is 5.26. The monoisotopic (exact) mass is 360 g/mol. The first-order valence-corrected chi connectivity index (χ1v) is 8.82. The van der Waals surface area contributed by atoms with Crippen LogP contribution in [0.5, 0.6) is 0 Å². The molecular weight excluding hydrogens is 344 g/mol. The van der Waals surface area contributed by atoms with Gasteiger partial charge >= 0.3 is 5.97 Å². The van der Waals surface area contributed by atoms with Gasteiger partial charge in [0.05, 0.1) is 23.9 Å². The lowest BCUT2D eigenvalue weighted by Gasteiger charge is -2.00. The minimum atomic E-state index is -0.385. The second-order valence-corrected chi connectivity index (χ2v) is 6.55. The Balaban J connectivity index is 1.87. The fraction of sp³-hybridized carbons (Fsp3) is 0.0952. The Bertz CT molecular complexity index is 994. The van der Waals surface area contributed by atoms with Gasteiger partial charge in [0.25, 0.3) is 0 Å². The highest BCUT2D eigenvalue weighted by atomic mass is 32.1. The number of hydrogen-bond acceptors (Lipinski definition) is 5. The van der Waals surface area contributed by atoms with Crippen molar-refractivity contribution in [1.29, 1.82) is 5.26 Å². The lowest BCUT2D eigenvalue weighted by Crippen LogP contribution is -2.00. The van der Waals surface area contributed by atoms with Crippen LogP contribution in [0.1, 0.15) is 26.5 Å². The molecule has 0 fully saturated rings. The minimum absolute atomic E-state index is 0.385. The molecule has 0 aliphatic carbocycles. The van der Waals surface area contributed by atoms with E-state index in [-0.39, 0.29) is 5.97 Å². The van der Waals surface area contributed by atoms with Crippen molar-refractivity contribution < 1.29 is 9.53 Å². The summed E-state index contributed by atoms with van der Waals surface area (Å²) in [5.41, 5.74) is 4.85. The Morgan fingerprint density at radius 3 is 2.46 bits per heavy atom. The van der Waals surface area contributed by atoms with Crippen molar-refractivity contribution in [2.24, 2.45) is 0 Å². The first-order valence-electron chi connectivity index (χ1n) is 7.94. The maximum absolute atomic E-state index is 11.5. The van der Waals surface area contributed by atoms with Crippen LogP contribution in [-0.4, -0.2) is 18.1 Å². The van der Waals surface area contributed by atoms with Gasteiger partial charge in [-0.25, -0.2) is 9.78 Å². The van der Waals surface area contributed by atoms with Crippen LogP contribution in [-0.2, 0) is 4.74 Å². The third-order valence-electron chi connectivity index (χ3n) is 3.85. The lowest BCUT2D eigenvalue weighted by molar-refractivity contribution is 0.0600. The molecule has 0 saturated carbocycles. The smallest absolute Gasteiger partial charge is 0.337 e. The van der Waals surface area contributed by atoms with Crippen LogP contribution >= 0.6 is 11.3 Å². The van der Waals surface area contributed by atoms with E-state index in [1.54, 1.807) is 30.3 Å². The molecule has 1 aromatic heterocycles. The van der Waals surface area contributed by atoms with Crippen molar-refractivity contribution in [3.63, 3.8) is 0 Å². The Morgan fingerprint density at radius 1 is 1.15 bits per heavy atom. The summed E-state index contributed by atoms with van der Waals surface area (Å²) in [6.45, 7) is 2.04. The zero-order valence-electron chi connectivity index (χ0n) is 14.4. The zero-order chi connectivity index (χ0) is 18.5. The highest BCUT2D eigenvalue weighted by molar-refractivity contribution is 7.11. The summed E-state index contributed by atoms with van der Waals surface area (Å²) in [6.07, 6.45) is 1.76. The first-order chi connectivity index (χ1) is 12.6. The van der Waals surface area contributed by atoms with Crippen LogP contribution in [0.3, 0.4) is 0 Å². The largest absolute Gasteiger partial charge is 0.465 e. The molecule has 5 heteroatoms. The SMILES string of the molecule is COC(=O)c1ccc(/C=C(\C#N)c2nc(-c3ccc(C)cc3)cs2)cc1. The summed E-state index contributed by atoms with van der Waals surface area (Å²) in [5, 5.41) is 12.1. The van der Waals surface area contributed by atoms with Crippen molar-refractivity contribution in [1.82, 2.24) is 4.98 Å². The van der Waals surface area contributed by atoms with Crippen molar-refractivity contribution in [3.8, 4) is 17.3 Å². The molecule has 4 nitrogen and oxygen atoms in total. The van der Waals surface area contributed by atoms with E-state index in [9.17, 15) is 10.1 Å². The predicted octanol–water partition coefficient (Wildman–Crippen LogP) is 4.97. The number of aryl methyl sites for hydroxylation is 1. The molecule has 128 valence electrons. The second kappa shape index (κ2) is 7.77. The molecule has 0 unspecified atom stereocenters. The van der Waals surface area contributed by atoms with Gasteiger partial charge in [0.15, 0.2) is 0 Å². The van der Waals surface area contributed by atoms with E-state index in [0.29, 0.717) is 16.1 Å². The van der Waals surface area contributed by atoms with Gasteiger partial charge in [-0.05, 0) is 30.7 Å². The molecule has 0 bridgehead atoms. The van der Waals surface area contributed by atoms with Gasteiger partial charge in [-0.1, -0.05) is 42.0 Å². The number of benzene rings is 2. The van der Waals surface area contributed by atoms with Crippen LogP contribution in [0, 0.1) is 18.3 Å². The Labute approximate surface area is 156 Å². The average molecular weight is 360 g/mol. The van der Waals surface area contributed by atoms with Crippen LogP contribution in [0.2, 0.25) is 0 Å². The van der Waals surface area contributed by atoms with E-state index in [0.717, 1.165) is 16.8 Å². The zero-order valence-corrected chi connectivity index (χ0v) is 15.2. The normalized spacial score (nSPS) is 11.0. The molecule has 0 aliphatic rings. The van der Waals surface area contributed by atoms with Crippen LogP contribution in [0.15, 0.2) is 53.9 Å². The second-order valence-electron chi connectivity index (χ2n) is 5.69. The highest BCUT2D eigenvalue weighted by Crippen LogP contribution is 2.27. The summed E-state index contributed by atoms with van der Waals surface area (Å²) in [6, 6.07) is 17.2. The number of methoxy groups -OCH3 is 1. The maximum atomic E-state index is 11.5. The van der Waals surface area contributed by atoms with Crippen LogP contribution in [0.25, 0.3) is 22.9 Å². The molecule has 1 heterocycles. The van der Waals surface area contributed by atoms with Crippen molar-refractivity contribution in [2.45, 2.75) is 6.92 Å². The number of ether oxygens (including phenoxy) is 1. The van der Waals surface area contributed by atoms with Gasteiger partial charge in [0, 0.05) is 10.9 Å². The summed E-state index contributed by atoms with van der Waals surface area (Å²) in [7, 11) is 1.35. The number of allylic oxidation sites excluding steroid dienone is 1. The van der Waals surface area contributed by atoms with Gasteiger partial charge in [-0.15, -0.1) is 11.3 Å². The van der Waals surface area contributed by atoms with E-state index in [1.807, 2.05) is 36.6 Å². The molecule has 3 aromatic rings. The van der Waals surface area contributed by atoms with Crippen LogP contribution < -0.4 is 0 Å².